The van der Waals surface area contributed by atoms with Crippen molar-refractivity contribution in [2.75, 3.05) is 24.5 Å². The SMILES string of the molecule is Cc1ccnc(N2CCCC(C(=O)N3CCc4ccccc4C3)C2)n1. The van der Waals surface area contributed by atoms with Crippen LogP contribution in [0.1, 0.15) is 29.7 Å². The molecule has 1 atom stereocenters. The third-order valence-electron chi connectivity index (χ3n) is 5.28. The molecule has 5 heteroatoms. The summed E-state index contributed by atoms with van der Waals surface area (Å²) in [5.74, 6) is 1.08. The summed E-state index contributed by atoms with van der Waals surface area (Å²) in [7, 11) is 0. The van der Waals surface area contributed by atoms with Crippen molar-refractivity contribution >= 4 is 11.9 Å². The van der Waals surface area contributed by atoms with Crippen LogP contribution in [0.15, 0.2) is 36.5 Å². The molecule has 1 aromatic heterocycles. The highest BCUT2D eigenvalue weighted by Gasteiger charge is 2.31. The van der Waals surface area contributed by atoms with Crippen LogP contribution in [0.3, 0.4) is 0 Å². The Hall–Kier alpha value is -2.43. The molecule has 1 saturated heterocycles. The summed E-state index contributed by atoms with van der Waals surface area (Å²) in [5, 5.41) is 0. The second kappa shape index (κ2) is 6.82. The zero-order valence-corrected chi connectivity index (χ0v) is 14.7. The Morgan fingerprint density at radius 1 is 1.16 bits per heavy atom. The third-order valence-corrected chi connectivity index (χ3v) is 5.28. The lowest BCUT2D eigenvalue weighted by molar-refractivity contribution is -0.136. The van der Waals surface area contributed by atoms with Crippen molar-refractivity contribution < 1.29 is 4.79 Å². The standard InChI is InChI=1S/C20H24N4O/c1-15-8-10-21-20(22-15)24-11-4-7-18(14-24)19(25)23-12-9-16-5-2-3-6-17(16)13-23/h2-3,5-6,8,10,18H,4,7,9,11-14H2,1H3. The van der Waals surface area contributed by atoms with Gasteiger partial charge in [-0.2, -0.15) is 0 Å². The fraction of sp³-hybridized carbons (Fsp3) is 0.450. The maximum absolute atomic E-state index is 13.1. The molecular formula is C20H24N4O. The molecule has 5 nitrogen and oxygen atoms in total. The lowest BCUT2D eigenvalue weighted by atomic mass is 9.94. The summed E-state index contributed by atoms with van der Waals surface area (Å²) in [5.41, 5.74) is 3.63. The minimum absolute atomic E-state index is 0.0446. The van der Waals surface area contributed by atoms with Crippen LogP contribution in [-0.4, -0.2) is 40.4 Å². The Morgan fingerprint density at radius 2 is 2.00 bits per heavy atom. The minimum atomic E-state index is 0.0446. The number of fused-ring (bicyclic) bond motifs is 1. The first-order valence-electron chi connectivity index (χ1n) is 9.11. The first kappa shape index (κ1) is 16.1. The van der Waals surface area contributed by atoms with Gasteiger partial charge < -0.3 is 9.80 Å². The van der Waals surface area contributed by atoms with E-state index in [-0.39, 0.29) is 11.8 Å². The van der Waals surface area contributed by atoms with Gasteiger partial charge in [0, 0.05) is 38.1 Å². The van der Waals surface area contributed by atoms with Gasteiger partial charge in [0.15, 0.2) is 0 Å². The highest BCUT2D eigenvalue weighted by atomic mass is 16.2. The fourth-order valence-electron chi connectivity index (χ4n) is 3.89. The number of carbonyl (C=O) groups excluding carboxylic acids is 1. The van der Waals surface area contributed by atoms with Crippen LogP contribution >= 0.6 is 0 Å². The summed E-state index contributed by atoms with van der Waals surface area (Å²) >= 11 is 0. The number of anilines is 1. The smallest absolute Gasteiger partial charge is 0.227 e. The van der Waals surface area contributed by atoms with Gasteiger partial charge >= 0.3 is 0 Å². The molecule has 130 valence electrons. The number of aryl methyl sites for hydroxylation is 1. The number of aromatic nitrogens is 2. The molecule has 25 heavy (non-hydrogen) atoms. The molecule has 0 aliphatic carbocycles. The molecule has 0 N–H and O–H groups in total. The Morgan fingerprint density at radius 3 is 2.84 bits per heavy atom. The Kier molecular flexibility index (Phi) is 4.38. The summed E-state index contributed by atoms with van der Waals surface area (Å²) < 4.78 is 0. The maximum Gasteiger partial charge on any atom is 0.227 e. The molecule has 4 rings (SSSR count). The Bertz CT molecular complexity index is 776. The van der Waals surface area contributed by atoms with Gasteiger partial charge in [-0.25, -0.2) is 9.97 Å². The highest BCUT2D eigenvalue weighted by molar-refractivity contribution is 5.80. The van der Waals surface area contributed by atoms with Crippen molar-refractivity contribution in [3.63, 3.8) is 0 Å². The molecule has 2 aliphatic rings. The number of hydrogen-bond donors (Lipinski definition) is 0. The van der Waals surface area contributed by atoms with Gasteiger partial charge in [-0.1, -0.05) is 24.3 Å². The van der Waals surface area contributed by atoms with E-state index in [0.717, 1.165) is 57.1 Å². The number of amides is 1. The quantitative estimate of drug-likeness (QED) is 0.846. The van der Waals surface area contributed by atoms with E-state index in [4.69, 9.17) is 0 Å². The lowest BCUT2D eigenvalue weighted by Gasteiger charge is -2.36. The second-order valence-corrected chi connectivity index (χ2v) is 7.06. The van der Waals surface area contributed by atoms with E-state index in [2.05, 4.69) is 39.1 Å². The van der Waals surface area contributed by atoms with Crippen molar-refractivity contribution in [2.45, 2.75) is 32.7 Å². The summed E-state index contributed by atoms with van der Waals surface area (Å²) in [6.07, 6.45) is 4.72. The van der Waals surface area contributed by atoms with Crippen LogP contribution in [0.25, 0.3) is 0 Å². The van der Waals surface area contributed by atoms with E-state index in [0.29, 0.717) is 0 Å². The summed E-state index contributed by atoms with van der Waals surface area (Å²) in [6, 6.07) is 10.4. The zero-order chi connectivity index (χ0) is 17.2. The van der Waals surface area contributed by atoms with Crippen molar-refractivity contribution in [3.05, 3.63) is 53.3 Å². The van der Waals surface area contributed by atoms with E-state index in [1.54, 1.807) is 6.20 Å². The molecule has 0 radical (unpaired) electrons. The third kappa shape index (κ3) is 3.36. The van der Waals surface area contributed by atoms with Crippen LogP contribution in [0.4, 0.5) is 5.95 Å². The molecule has 0 bridgehead atoms. The van der Waals surface area contributed by atoms with Crippen LogP contribution < -0.4 is 4.90 Å². The summed E-state index contributed by atoms with van der Waals surface area (Å²) in [6.45, 7) is 5.19. The fourth-order valence-corrected chi connectivity index (χ4v) is 3.89. The normalized spacial score (nSPS) is 20.3. The minimum Gasteiger partial charge on any atom is -0.340 e. The number of hydrogen-bond acceptors (Lipinski definition) is 4. The van der Waals surface area contributed by atoms with Crippen molar-refractivity contribution in [1.29, 1.82) is 0 Å². The van der Waals surface area contributed by atoms with Gasteiger partial charge in [0.1, 0.15) is 0 Å². The van der Waals surface area contributed by atoms with Crippen LogP contribution in [0, 0.1) is 12.8 Å². The number of nitrogens with zero attached hydrogens (tertiary/aromatic N) is 4. The van der Waals surface area contributed by atoms with E-state index in [1.807, 2.05) is 17.9 Å². The highest BCUT2D eigenvalue weighted by Crippen LogP contribution is 2.25. The first-order valence-corrected chi connectivity index (χ1v) is 9.11. The van der Waals surface area contributed by atoms with Gasteiger partial charge in [0.25, 0.3) is 0 Å². The monoisotopic (exact) mass is 336 g/mol. The molecule has 2 aromatic rings. The average molecular weight is 336 g/mol. The maximum atomic E-state index is 13.1. The summed E-state index contributed by atoms with van der Waals surface area (Å²) in [4.78, 5) is 26.2. The molecule has 1 fully saturated rings. The Balaban J connectivity index is 1.45. The van der Waals surface area contributed by atoms with Crippen molar-refractivity contribution in [3.8, 4) is 0 Å². The number of piperidine rings is 1. The van der Waals surface area contributed by atoms with Crippen LogP contribution in [0.5, 0.6) is 0 Å². The number of carbonyl (C=O) groups is 1. The molecule has 3 heterocycles. The molecular weight excluding hydrogens is 312 g/mol. The average Bonchev–Trinajstić information content (AvgIpc) is 2.67. The van der Waals surface area contributed by atoms with E-state index in [1.165, 1.54) is 11.1 Å². The zero-order valence-electron chi connectivity index (χ0n) is 14.7. The number of benzene rings is 1. The van der Waals surface area contributed by atoms with E-state index in [9.17, 15) is 4.79 Å². The molecule has 1 aromatic carbocycles. The largest absolute Gasteiger partial charge is 0.340 e. The van der Waals surface area contributed by atoms with Crippen LogP contribution in [-0.2, 0) is 17.8 Å². The Labute approximate surface area is 148 Å². The van der Waals surface area contributed by atoms with Gasteiger partial charge in [-0.15, -0.1) is 0 Å². The van der Waals surface area contributed by atoms with Gasteiger partial charge in [-0.05, 0) is 43.4 Å². The predicted molar refractivity (Wildman–Crippen MR) is 97.3 cm³/mol. The van der Waals surface area contributed by atoms with Crippen molar-refractivity contribution in [1.82, 2.24) is 14.9 Å². The predicted octanol–water partition coefficient (Wildman–Crippen LogP) is 2.59. The molecule has 0 spiro atoms. The molecule has 1 unspecified atom stereocenters. The molecule has 0 saturated carbocycles. The van der Waals surface area contributed by atoms with E-state index < -0.39 is 0 Å². The lowest BCUT2D eigenvalue weighted by Crippen LogP contribution is -2.46. The van der Waals surface area contributed by atoms with Crippen LogP contribution in [0.2, 0.25) is 0 Å². The van der Waals surface area contributed by atoms with Crippen molar-refractivity contribution in [2.24, 2.45) is 5.92 Å². The topological polar surface area (TPSA) is 49.3 Å². The first-order chi connectivity index (χ1) is 12.2. The van der Waals surface area contributed by atoms with Gasteiger partial charge in [0.05, 0.1) is 5.92 Å². The molecule has 1 amide bonds. The second-order valence-electron chi connectivity index (χ2n) is 7.06. The van der Waals surface area contributed by atoms with Gasteiger partial charge in [0.2, 0.25) is 11.9 Å². The molecule has 2 aliphatic heterocycles. The van der Waals surface area contributed by atoms with Gasteiger partial charge in [-0.3, -0.25) is 4.79 Å². The van der Waals surface area contributed by atoms with E-state index >= 15 is 0 Å². The number of rotatable bonds is 2.